The monoisotopic (exact) mass is 326 g/mol. The zero-order valence-corrected chi connectivity index (χ0v) is 13.1. The Morgan fingerprint density at radius 1 is 1.38 bits per heavy atom. The number of aromatic nitrogens is 2. The van der Waals surface area contributed by atoms with Crippen molar-refractivity contribution in [3.63, 3.8) is 0 Å². The van der Waals surface area contributed by atoms with Crippen molar-refractivity contribution < 1.29 is 14.3 Å². The van der Waals surface area contributed by atoms with Crippen LogP contribution in [0.3, 0.4) is 0 Å². The summed E-state index contributed by atoms with van der Waals surface area (Å²) in [6.07, 6.45) is 2.55. The van der Waals surface area contributed by atoms with Crippen molar-refractivity contribution in [2.75, 3.05) is 23.4 Å². The summed E-state index contributed by atoms with van der Waals surface area (Å²) >= 11 is 0. The molecule has 124 valence electrons. The number of amides is 2. The molecular weight excluding hydrogens is 308 g/mol. The normalized spacial score (nSPS) is 16.5. The Labute approximate surface area is 139 Å². The van der Waals surface area contributed by atoms with Gasteiger partial charge in [0.25, 0.3) is 5.91 Å². The molecule has 0 saturated heterocycles. The number of rotatable bonds is 5. The van der Waals surface area contributed by atoms with Crippen molar-refractivity contribution in [1.82, 2.24) is 10.2 Å². The first-order valence-corrected chi connectivity index (χ1v) is 8.08. The fourth-order valence-electron chi connectivity index (χ4n) is 2.82. The van der Waals surface area contributed by atoms with E-state index >= 15 is 0 Å². The highest BCUT2D eigenvalue weighted by Gasteiger charge is 2.27. The van der Waals surface area contributed by atoms with E-state index in [9.17, 15) is 9.59 Å². The molecule has 2 amide bonds. The predicted molar refractivity (Wildman–Crippen MR) is 88.1 cm³/mol. The van der Waals surface area contributed by atoms with E-state index < -0.39 is 0 Å². The average Bonchev–Trinajstić information content (AvgIpc) is 3.34. The van der Waals surface area contributed by atoms with Gasteiger partial charge in [-0.3, -0.25) is 14.7 Å². The lowest BCUT2D eigenvalue weighted by Crippen LogP contribution is -2.40. The van der Waals surface area contributed by atoms with Crippen LogP contribution in [0.2, 0.25) is 0 Å². The maximum Gasteiger partial charge on any atom is 0.265 e. The highest BCUT2D eigenvalue weighted by atomic mass is 16.5. The minimum atomic E-state index is -0.166. The van der Waals surface area contributed by atoms with Crippen LogP contribution in [-0.2, 0) is 9.59 Å². The number of nitrogens with one attached hydrogen (secondary N) is 2. The number of benzene rings is 1. The van der Waals surface area contributed by atoms with E-state index in [-0.39, 0.29) is 24.8 Å². The Kier molecular flexibility index (Phi) is 3.68. The molecule has 2 heterocycles. The van der Waals surface area contributed by atoms with Crippen LogP contribution in [0.25, 0.3) is 0 Å². The van der Waals surface area contributed by atoms with Crippen LogP contribution in [0, 0.1) is 0 Å². The van der Waals surface area contributed by atoms with Gasteiger partial charge in [0.2, 0.25) is 5.91 Å². The maximum atomic E-state index is 12.1. The Balaban J connectivity index is 1.37. The number of nitrogens with zero attached hydrogens (tertiary/aromatic N) is 2. The van der Waals surface area contributed by atoms with Gasteiger partial charge in [-0.1, -0.05) is 12.1 Å². The third-order valence-electron chi connectivity index (χ3n) is 4.25. The molecular formula is C17H18N4O3. The van der Waals surface area contributed by atoms with Crippen molar-refractivity contribution >= 4 is 23.3 Å². The summed E-state index contributed by atoms with van der Waals surface area (Å²) in [7, 11) is 0. The van der Waals surface area contributed by atoms with Gasteiger partial charge in [0.15, 0.2) is 12.4 Å². The minimum Gasteiger partial charge on any atom is -0.482 e. The highest BCUT2D eigenvalue weighted by Crippen LogP contribution is 2.39. The third kappa shape index (κ3) is 2.97. The zero-order valence-electron chi connectivity index (χ0n) is 13.1. The number of aromatic amines is 1. The molecule has 2 aromatic rings. The van der Waals surface area contributed by atoms with E-state index in [4.69, 9.17) is 4.74 Å². The fourth-order valence-corrected chi connectivity index (χ4v) is 2.82. The number of ether oxygens (including phenoxy) is 1. The van der Waals surface area contributed by atoms with E-state index in [1.165, 1.54) is 12.8 Å². The summed E-state index contributed by atoms with van der Waals surface area (Å²) in [5, 5.41) is 9.83. The summed E-state index contributed by atoms with van der Waals surface area (Å²) in [5.41, 5.74) is 1.78. The predicted octanol–water partition coefficient (Wildman–Crippen LogP) is 2.04. The number of para-hydroxylation sites is 2. The second kappa shape index (κ2) is 5.99. The zero-order chi connectivity index (χ0) is 16.5. The van der Waals surface area contributed by atoms with Gasteiger partial charge in [-0.25, -0.2) is 0 Å². The second-order valence-electron chi connectivity index (χ2n) is 6.08. The van der Waals surface area contributed by atoms with Crippen molar-refractivity contribution in [2.24, 2.45) is 0 Å². The van der Waals surface area contributed by atoms with E-state index in [1.54, 1.807) is 4.90 Å². The molecule has 2 N–H and O–H groups in total. The van der Waals surface area contributed by atoms with Crippen molar-refractivity contribution in [1.29, 1.82) is 0 Å². The van der Waals surface area contributed by atoms with Gasteiger partial charge < -0.3 is 15.0 Å². The van der Waals surface area contributed by atoms with Crippen LogP contribution < -0.4 is 15.0 Å². The van der Waals surface area contributed by atoms with E-state index in [1.807, 2.05) is 30.3 Å². The summed E-state index contributed by atoms with van der Waals surface area (Å²) in [4.78, 5) is 25.8. The van der Waals surface area contributed by atoms with E-state index in [2.05, 4.69) is 15.5 Å². The quantitative estimate of drug-likeness (QED) is 0.880. The molecule has 2 aliphatic rings. The molecule has 0 unspecified atom stereocenters. The van der Waals surface area contributed by atoms with Crippen LogP contribution in [0.4, 0.5) is 11.5 Å². The van der Waals surface area contributed by atoms with Gasteiger partial charge >= 0.3 is 0 Å². The second-order valence-corrected chi connectivity index (χ2v) is 6.08. The summed E-state index contributed by atoms with van der Waals surface area (Å²) in [5.74, 6) is 1.46. The first-order chi connectivity index (χ1) is 11.7. The first-order valence-electron chi connectivity index (χ1n) is 8.08. The van der Waals surface area contributed by atoms with Gasteiger partial charge in [-0.2, -0.15) is 5.10 Å². The standard InChI is InChI=1S/C17H18N4O3/c22-16(18-15-9-12(19-20-15)11-5-6-11)7-8-21-13-3-1-2-4-14(13)24-10-17(21)23/h1-4,9,11H,5-8,10H2,(H2,18,19,20,22). The number of hydrogen-bond acceptors (Lipinski definition) is 4. The van der Waals surface area contributed by atoms with E-state index in [0.29, 0.717) is 29.7 Å². The topological polar surface area (TPSA) is 87.3 Å². The van der Waals surface area contributed by atoms with Gasteiger partial charge in [0.05, 0.1) is 5.69 Å². The number of fused-ring (bicyclic) bond motifs is 1. The van der Waals surface area contributed by atoms with Crippen molar-refractivity contribution in [2.45, 2.75) is 25.2 Å². The largest absolute Gasteiger partial charge is 0.482 e. The molecule has 7 heteroatoms. The van der Waals surface area contributed by atoms with Gasteiger partial charge in [-0.15, -0.1) is 0 Å². The van der Waals surface area contributed by atoms with Gasteiger partial charge in [0.1, 0.15) is 5.75 Å². The van der Waals surface area contributed by atoms with Gasteiger partial charge in [-0.05, 0) is 25.0 Å². The number of carbonyl (C=O) groups is 2. The Hall–Kier alpha value is -2.83. The molecule has 1 aliphatic heterocycles. The number of carbonyl (C=O) groups excluding carboxylic acids is 2. The van der Waals surface area contributed by atoms with Gasteiger partial charge in [0, 0.05) is 30.6 Å². The fraction of sp³-hybridized carbons (Fsp3) is 0.353. The maximum absolute atomic E-state index is 12.1. The summed E-state index contributed by atoms with van der Waals surface area (Å²) < 4.78 is 5.39. The molecule has 4 rings (SSSR count). The van der Waals surface area contributed by atoms with E-state index in [0.717, 1.165) is 5.69 Å². The lowest BCUT2D eigenvalue weighted by atomic mass is 10.2. The molecule has 1 saturated carbocycles. The van der Waals surface area contributed by atoms with Crippen molar-refractivity contribution in [3.05, 3.63) is 36.0 Å². The summed E-state index contributed by atoms with van der Waals surface area (Å²) in [6, 6.07) is 9.22. The molecule has 0 spiro atoms. The Morgan fingerprint density at radius 2 is 2.21 bits per heavy atom. The van der Waals surface area contributed by atoms with Crippen LogP contribution in [0.1, 0.15) is 30.9 Å². The molecule has 1 fully saturated rings. The van der Waals surface area contributed by atoms with Crippen LogP contribution in [0.15, 0.2) is 30.3 Å². The molecule has 24 heavy (non-hydrogen) atoms. The van der Waals surface area contributed by atoms with Crippen LogP contribution in [0.5, 0.6) is 5.75 Å². The number of anilines is 2. The molecule has 0 atom stereocenters. The lowest BCUT2D eigenvalue weighted by molar-refractivity contribution is -0.121. The lowest BCUT2D eigenvalue weighted by Gasteiger charge is -2.29. The highest BCUT2D eigenvalue weighted by molar-refractivity contribution is 5.99. The third-order valence-corrected chi connectivity index (χ3v) is 4.25. The number of hydrogen-bond donors (Lipinski definition) is 2. The first kappa shape index (κ1) is 14.7. The minimum absolute atomic E-state index is 0.00273. The summed E-state index contributed by atoms with van der Waals surface area (Å²) in [6.45, 7) is 0.313. The van der Waals surface area contributed by atoms with Crippen molar-refractivity contribution in [3.8, 4) is 5.75 Å². The smallest absolute Gasteiger partial charge is 0.265 e. The Morgan fingerprint density at radius 3 is 3.04 bits per heavy atom. The van der Waals surface area contributed by atoms with Crippen LogP contribution >= 0.6 is 0 Å². The number of H-pyrrole nitrogens is 1. The SMILES string of the molecule is O=C(CCN1C(=O)COc2ccccc21)Nc1cc(C2CC2)[nH]n1. The molecule has 7 nitrogen and oxygen atoms in total. The molecule has 1 aliphatic carbocycles. The average molecular weight is 326 g/mol. The molecule has 0 radical (unpaired) electrons. The van der Waals surface area contributed by atoms with Crippen LogP contribution in [-0.4, -0.2) is 35.2 Å². The molecule has 0 bridgehead atoms. The molecule has 1 aromatic heterocycles. The Bertz CT molecular complexity index is 782. The molecule has 1 aromatic carbocycles.